The van der Waals surface area contributed by atoms with Gasteiger partial charge in [-0.1, -0.05) is 56.3 Å². The predicted molar refractivity (Wildman–Crippen MR) is 135 cm³/mol. The summed E-state index contributed by atoms with van der Waals surface area (Å²) in [5, 5.41) is 19.7. The highest BCUT2D eigenvalue weighted by atomic mass is 19.1. The number of carbonyl (C=O) groups is 2. The Morgan fingerprint density at radius 2 is 1.75 bits per heavy atom. The summed E-state index contributed by atoms with van der Waals surface area (Å²) in [6.45, 7) is 6.95. The first-order valence-electron chi connectivity index (χ1n) is 12.7. The molecular weight excluding hydrogens is 461 g/mol. The minimum atomic E-state index is -1.65. The maximum absolute atomic E-state index is 13.7. The van der Waals surface area contributed by atoms with Gasteiger partial charge in [0.05, 0.1) is 5.92 Å². The van der Waals surface area contributed by atoms with Crippen LogP contribution in [-0.4, -0.2) is 63.7 Å². The van der Waals surface area contributed by atoms with Crippen molar-refractivity contribution in [1.82, 2.24) is 15.3 Å². The summed E-state index contributed by atoms with van der Waals surface area (Å²) in [6.07, 6.45) is 0.529. The zero-order valence-corrected chi connectivity index (χ0v) is 21.1. The molecule has 3 rings (SSSR count). The summed E-state index contributed by atoms with van der Waals surface area (Å²) in [5.74, 6) is -2.18. The number of hydrogen-bond donors (Lipinski definition) is 3. The van der Waals surface area contributed by atoms with Crippen LogP contribution < -0.4 is 5.48 Å². The van der Waals surface area contributed by atoms with E-state index in [0.29, 0.717) is 38.4 Å². The number of amides is 2. The standard InChI is InChI=1S/C28H38FN3O4/c1-20(2)17-24-19-31(18-22-7-4-3-5-8-22)15-16-32(24)28(35)25(26(33)27(34)30-36)10-6-9-21-11-13-23(29)14-12-21/h3-5,7-8,11-14,20,24-26,33,36H,6,9-10,15-19H2,1-2H3,(H,30,34)/t24-,25?,26-/m0/s1. The average Bonchev–Trinajstić information content (AvgIpc) is 2.87. The highest BCUT2D eigenvalue weighted by Crippen LogP contribution is 2.25. The summed E-state index contributed by atoms with van der Waals surface area (Å²) < 4.78 is 13.2. The van der Waals surface area contributed by atoms with Crippen molar-refractivity contribution in [1.29, 1.82) is 0 Å². The number of piperazine rings is 1. The Morgan fingerprint density at radius 1 is 1.06 bits per heavy atom. The summed E-state index contributed by atoms with van der Waals surface area (Å²) >= 11 is 0. The van der Waals surface area contributed by atoms with Crippen LogP contribution in [0.3, 0.4) is 0 Å². The van der Waals surface area contributed by atoms with Gasteiger partial charge in [0, 0.05) is 32.2 Å². The van der Waals surface area contributed by atoms with Gasteiger partial charge in [-0.3, -0.25) is 19.7 Å². The predicted octanol–water partition coefficient (Wildman–Crippen LogP) is 3.39. The number of hydrogen-bond acceptors (Lipinski definition) is 5. The van der Waals surface area contributed by atoms with Crippen molar-refractivity contribution >= 4 is 11.8 Å². The van der Waals surface area contributed by atoms with Gasteiger partial charge in [-0.25, -0.2) is 9.87 Å². The van der Waals surface area contributed by atoms with E-state index < -0.39 is 17.9 Å². The van der Waals surface area contributed by atoms with E-state index in [1.165, 1.54) is 23.2 Å². The van der Waals surface area contributed by atoms with Crippen LogP contribution in [0.1, 0.15) is 44.2 Å². The molecule has 1 fully saturated rings. The molecule has 2 aromatic rings. The van der Waals surface area contributed by atoms with Gasteiger partial charge in [-0.15, -0.1) is 0 Å². The van der Waals surface area contributed by atoms with Gasteiger partial charge in [0.25, 0.3) is 5.91 Å². The Balaban J connectivity index is 1.71. The molecule has 1 heterocycles. The number of nitrogens with one attached hydrogen (secondary N) is 1. The van der Waals surface area contributed by atoms with E-state index >= 15 is 0 Å². The van der Waals surface area contributed by atoms with Gasteiger partial charge < -0.3 is 10.0 Å². The number of rotatable bonds is 11. The largest absolute Gasteiger partial charge is 0.382 e. The van der Waals surface area contributed by atoms with E-state index in [-0.39, 0.29) is 24.2 Å². The zero-order chi connectivity index (χ0) is 26.1. The molecule has 0 saturated carbocycles. The molecule has 1 aliphatic heterocycles. The first kappa shape index (κ1) is 27.8. The highest BCUT2D eigenvalue weighted by Gasteiger charge is 2.39. The van der Waals surface area contributed by atoms with E-state index in [2.05, 4.69) is 30.9 Å². The molecule has 1 aliphatic rings. The molecule has 2 amide bonds. The Morgan fingerprint density at radius 3 is 2.39 bits per heavy atom. The zero-order valence-electron chi connectivity index (χ0n) is 21.1. The Labute approximate surface area is 212 Å². The SMILES string of the molecule is CC(C)C[C@H]1CN(Cc2ccccc2)CCN1C(=O)C(CCCc1ccc(F)cc1)[C@H](O)C(=O)NO. The van der Waals surface area contributed by atoms with Crippen LogP contribution in [0.25, 0.3) is 0 Å². The van der Waals surface area contributed by atoms with Crippen molar-refractivity contribution in [2.45, 2.75) is 58.2 Å². The topological polar surface area (TPSA) is 93.1 Å². The molecule has 0 radical (unpaired) electrons. The number of aliphatic hydroxyl groups excluding tert-OH is 1. The molecule has 0 spiro atoms. The molecule has 36 heavy (non-hydrogen) atoms. The van der Waals surface area contributed by atoms with E-state index in [9.17, 15) is 19.1 Å². The Bertz CT molecular complexity index is 971. The third-order valence-corrected chi connectivity index (χ3v) is 6.81. The van der Waals surface area contributed by atoms with Gasteiger partial charge in [0.2, 0.25) is 5.91 Å². The second kappa shape index (κ2) is 13.5. The molecule has 1 unspecified atom stereocenters. The van der Waals surface area contributed by atoms with Crippen LogP contribution in [0.4, 0.5) is 4.39 Å². The number of carbonyl (C=O) groups excluding carboxylic acids is 2. The maximum atomic E-state index is 13.7. The molecule has 1 saturated heterocycles. The van der Waals surface area contributed by atoms with Crippen molar-refractivity contribution < 1.29 is 24.3 Å². The molecule has 0 aromatic heterocycles. The fraction of sp³-hybridized carbons (Fsp3) is 0.500. The summed E-state index contributed by atoms with van der Waals surface area (Å²) in [7, 11) is 0. The monoisotopic (exact) mass is 499 g/mol. The van der Waals surface area contributed by atoms with Crippen molar-refractivity contribution in [2.24, 2.45) is 11.8 Å². The Hall–Kier alpha value is -2.81. The fourth-order valence-electron chi connectivity index (χ4n) is 5.00. The van der Waals surface area contributed by atoms with Gasteiger partial charge in [0.15, 0.2) is 0 Å². The van der Waals surface area contributed by atoms with Crippen LogP contribution in [0.2, 0.25) is 0 Å². The normalized spacial score (nSPS) is 18.2. The van der Waals surface area contributed by atoms with Crippen LogP contribution in [0.15, 0.2) is 54.6 Å². The minimum Gasteiger partial charge on any atom is -0.382 e. The summed E-state index contributed by atoms with van der Waals surface area (Å²) in [6, 6.07) is 16.3. The van der Waals surface area contributed by atoms with Crippen LogP contribution in [0.5, 0.6) is 0 Å². The number of nitrogens with zero attached hydrogens (tertiary/aromatic N) is 2. The lowest BCUT2D eigenvalue weighted by molar-refractivity contribution is -0.154. The van der Waals surface area contributed by atoms with E-state index in [4.69, 9.17) is 5.21 Å². The number of aryl methyl sites for hydroxylation is 1. The molecule has 8 heteroatoms. The first-order chi connectivity index (χ1) is 17.3. The summed E-state index contributed by atoms with van der Waals surface area (Å²) in [4.78, 5) is 30.0. The smallest absolute Gasteiger partial charge is 0.272 e. The van der Waals surface area contributed by atoms with Gasteiger partial charge >= 0.3 is 0 Å². The number of aliphatic hydroxyl groups is 1. The van der Waals surface area contributed by atoms with Gasteiger partial charge in [0.1, 0.15) is 11.9 Å². The lowest BCUT2D eigenvalue weighted by atomic mass is 9.90. The number of hydroxylamine groups is 1. The fourth-order valence-corrected chi connectivity index (χ4v) is 5.00. The van der Waals surface area contributed by atoms with Crippen molar-refractivity contribution in [3.05, 3.63) is 71.5 Å². The lowest BCUT2D eigenvalue weighted by Crippen LogP contribution is -2.58. The molecule has 2 aromatic carbocycles. The molecular formula is C28H38FN3O4. The van der Waals surface area contributed by atoms with Crippen LogP contribution >= 0.6 is 0 Å². The number of halogens is 1. The summed E-state index contributed by atoms with van der Waals surface area (Å²) in [5.41, 5.74) is 3.62. The van der Waals surface area contributed by atoms with Crippen molar-refractivity contribution in [3.63, 3.8) is 0 Å². The molecule has 0 aliphatic carbocycles. The van der Waals surface area contributed by atoms with Crippen LogP contribution in [0, 0.1) is 17.7 Å². The second-order valence-electron chi connectivity index (χ2n) is 10.1. The highest BCUT2D eigenvalue weighted by molar-refractivity contribution is 5.89. The van der Waals surface area contributed by atoms with Gasteiger partial charge in [-0.2, -0.15) is 0 Å². The quantitative estimate of drug-likeness (QED) is 0.326. The van der Waals surface area contributed by atoms with Crippen molar-refractivity contribution in [2.75, 3.05) is 19.6 Å². The Kier molecular flexibility index (Phi) is 10.4. The van der Waals surface area contributed by atoms with E-state index in [0.717, 1.165) is 18.5 Å². The number of benzene rings is 2. The van der Waals surface area contributed by atoms with Gasteiger partial charge in [-0.05, 0) is 54.9 Å². The third kappa shape index (κ3) is 7.85. The third-order valence-electron chi connectivity index (χ3n) is 6.81. The molecule has 196 valence electrons. The minimum absolute atomic E-state index is 0.0426. The molecule has 3 N–H and O–H groups in total. The second-order valence-corrected chi connectivity index (χ2v) is 10.1. The van der Waals surface area contributed by atoms with E-state index in [1.54, 1.807) is 12.1 Å². The molecule has 0 bridgehead atoms. The van der Waals surface area contributed by atoms with Crippen LogP contribution in [-0.2, 0) is 22.6 Å². The average molecular weight is 500 g/mol. The first-order valence-corrected chi connectivity index (χ1v) is 12.7. The maximum Gasteiger partial charge on any atom is 0.272 e. The molecule has 3 atom stereocenters. The molecule has 7 nitrogen and oxygen atoms in total. The lowest BCUT2D eigenvalue weighted by Gasteiger charge is -2.44. The van der Waals surface area contributed by atoms with E-state index in [1.807, 2.05) is 23.1 Å². The van der Waals surface area contributed by atoms with Crippen molar-refractivity contribution in [3.8, 4) is 0 Å².